The maximum atomic E-state index is 12.3. The molecule has 72 valence electrons. The highest BCUT2D eigenvalue weighted by Gasteiger charge is 2.28. The highest BCUT2D eigenvalue weighted by molar-refractivity contribution is 7.67. The van der Waals surface area contributed by atoms with E-state index in [-0.39, 0.29) is 5.66 Å². The molecule has 0 amide bonds. The van der Waals surface area contributed by atoms with Gasteiger partial charge in [-0.25, -0.2) is 0 Å². The Kier molecular flexibility index (Phi) is 3.29. The summed E-state index contributed by atoms with van der Waals surface area (Å²) in [4.78, 5) is 0. The lowest BCUT2D eigenvalue weighted by Gasteiger charge is -2.19. The van der Waals surface area contributed by atoms with Crippen molar-refractivity contribution in [1.29, 1.82) is 0 Å². The Hall–Kier alpha value is -0.590. The smallest absolute Gasteiger partial charge is 0.234 e. The minimum atomic E-state index is -2.62. The van der Waals surface area contributed by atoms with Crippen LogP contribution in [0.2, 0.25) is 0 Å². The predicted molar refractivity (Wildman–Crippen MR) is 55.8 cm³/mol. The highest BCUT2D eigenvalue weighted by atomic mass is 31.2. The second-order valence-corrected chi connectivity index (χ2v) is 6.32. The molecule has 0 N–H and O–H groups in total. The predicted octanol–water partition coefficient (Wildman–Crippen LogP) is 2.64. The zero-order valence-electron chi connectivity index (χ0n) is 8.23. The highest BCUT2D eigenvalue weighted by Crippen LogP contribution is 2.49. The molecule has 1 rings (SSSR count). The van der Waals surface area contributed by atoms with Gasteiger partial charge < -0.3 is 4.52 Å². The van der Waals surface area contributed by atoms with Gasteiger partial charge in [0.05, 0.1) is 0 Å². The van der Waals surface area contributed by atoms with Crippen molar-refractivity contribution in [3.63, 3.8) is 0 Å². The van der Waals surface area contributed by atoms with Crippen LogP contribution in [0.5, 0.6) is 0 Å². The first-order valence-electron chi connectivity index (χ1n) is 4.32. The largest absolute Gasteiger partial charge is 0.328 e. The summed E-state index contributed by atoms with van der Waals surface area (Å²) in [6, 6.07) is 9.37. The molecule has 0 heterocycles. The molecule has 3 heteroatoms. The molecular weight excluding hydrogens is 183 g/mol. The van der Waals surface area contributed by atoms with E-state index in [1.807, 2.05) is 44.2 Å². The fourth-order valence-electron chi connectivity index (χ4n) is 1.25. The van der Waals surface area contributed by atoms with Gasteiger partial charge in [-0.3, -0.25) is 4.57 Å². The molecule has 2 nitrogen and oxygen atoms in total. The first-order valence-corrected chi connectivity index (χ1v) is 6.01. The third kappa shape index (κ3) is 2.01. The van der Waals surface area contributed by atoms with Gasteiger partial charge in [-0.15, -0.1) is 0 Å². The fraction of sp³-hybridized carbons (Fsp3) is 0.400. The Labute approximate surface area is 79.4 Å². The molecule has 0 saturated carbocycles. The minimum absolute atomic E-state index is 0.0277. The van der Waals surface area contributed by atoms with Crippen molar-refractivity contribution in [3.8, 4) is 0 Å². The molecule has 13 heavy (non-hydrogen) atoms. The SMILES string of the molecule is CO[P@@](=O)(c1ccccc1)C(C)C. The summed E-state index contributed by atoms with van der Waals surface area (Å²) >= 11 is 0. The van der Waals surface area contributed by atoms with Gasteiger partial charge in [0.1, 0.15) is 0 Å². The van der Waals surface area contributed by atoms with Gasteiger partial charge >= 0.3 is 0 Å². The summed E-state index contributed by atoms with van der Waals surface area (Å²) in [5.41, 5.74) is 0.0277. The first-order chi connectivity index (χ1) is 6.11. The molecule has 0 aromatic heterocycles. The van der Waals surface area contributed by atoms with Crippen LogP contribution in [-0.4, -0.2) is 12.8 Å². The van der Waals surface area contributed by atoms with Crippen molar-refractivity contribution in [3.05, 3.63) is 30.3 Å². The normalized spacial score (nSPS) is 15.7. The first kappa shape index (κ1) is 10.5. The second-order valence-electron chi connectivity index (χ2n) is 3.21. The zero-order chi connectivity index (χ0) is 9.90. The van der Waals surface area contributed by atoms with E-state index in [0.717, 1.165) is 5.30 Å². The Morgan fingerprint density at radius 1 is 1.23 bits per heavy atom. The lowest BCUT2D eigenvalue weighted by atomic mass is 10.4. The number of benzene rings is 1. The van der Waals surface area contributed by atoms with Gasteiger partial charge in [0.2, 0.25) is 7.37 Å². The molecule has 0 fully saturated rings. The molecule has 1 atom stereocenters. The maximum Gasteiger partial charge on any atom is 0.234 e. The fourth-order valence-corrected chi connectivity index (χ4v) is 3.07. The van der Waals surface area contributed by atoms with Gasteiger partial charge in [-0.1, -0.05) is 32.0 Å². The molecule has 0 bridgehead atoms. The molecule has 0 aliphatic rings. The van der Waals surface area contributed by atoms with E-state index < -0.39 is 7.37 Å². The van der Waals surface area contributed by atoms with Crippen molar-refractivity contribution >= 4 is 12.7 Å². The lowest BCUT2D eigenvalue weighted by molar-refractivity contribution is 0.396. The van der Waals surface area contributed by atoms with Gasteiger partial charge in [0, 0.05) is 18.1 Å². The monoisotopic (exact) mass is 198 g/mol. The van der Waals surface area contributed by atoms with Crippen LogP contribution in [0.15, 0.2) is 30.3 Å². The molecule has 0 aliphatic heterocycles. The van der Waals surface area contributed by atoms with Crippen molar-refractivity contribution in [2.24, 2.45) is 0 Å². The summed E-state index contributed by atoms with van der Waals surface area (Å²) < 4.78 is 17.4. The van der Waals surface area contributed by atoms with Crippen molar-refractivity contribution < 1.29 is 9.09 Å². The van der Waals surface area contributed by atoms with Crippen LogP contribution in [-0.2, 0) is 9.09 Å². The number of hydrogen-bond acceptors (Lipinski definition) is 2. The summed E-state index contributed by atoms with van der Waals surface area (Å²) in [6.07, 6.45) is 0. The second kappa shape index (κ2) is 4.08. The van der Waals surface area contributed by atoms with Crippen LogP contribution in [0, 0.1) is 0 Å². The van der Waals surface area contributed by atoms with Gasteiger partial charge in [0.25, 0.3) is 0 Å². The summed E-state index contributed by atoms with van der Waals surface area (Å²) in [7, 11) is -1.12. The van der Waals surface area contributed by atoms with Crippen molar-refractivity contribution in [1.82, 2.24) is 0 Å². The van der Waals surface area contributed by atoms with Gasteiger partial charge in [0.15, 0.2) is 0 Å². The number of hydrogen-bond donors (Lipinski definition) is 0. The zero-order valence-corrected chi connectivity index (χ0v) is 9.12. The third-order valence-electron chi connectivity index (χ3n) is 2.07. The standard InChI is InChI=1S/C10H15O2P/c1-9(2)13(11,12-3)10-7-5-4-6-8-10/h4-9H,1-3H3/t13-/m1/s1. The molecule has 0 saturated heterocycles. The number of rotatable bonds is 3. The summed E-state index contributed by atoms with van der Waals surface area (Å²) in [6.45, 7) is 3.83. The van der Waals surface area contributed by atoms with Crippen LogP contribution in [0.3, 0.4) is 0 Å². The quantitative estimate of drug-likeness (QED) is 0.698. The van der Waals surface area contributed by atoms with E-state index >= 15 is 0 Å². The Morgan fingerprint density at radius 2 is 1.77 bits per heavy atom. The Morgan fingerprint density at radius 3 is 2.15 bits per heavy atom. The molecule has 1 aromatic carbocycles. The van der Waals surface area contributed by atoms with E-state index in [1.54, 1.807) is 0 Å². The summed E-state index contributed by atoms with van der Waals surface area (Å²) in [5.74, 6) is 0. The lowest BCUT2D eigenvalue weighted by Crippen LogP contribution is -2.13. The van der Waals surface area contributed by atoms with Gasteiger partial charge in [-0.05, 0) is 12.1 Å². The molecular formula is C10H15O2P. The average molecular weight is 198 g/mol. The topological polar surface area (TPSA) is 26.3 Å². The van der Waals surface area contributed by atoms with Crippen LogP contribution >= 0.6 is 7.37 Å². The third-order valence-corrected chi connectivity index (χ3v) is 4.99. The van der Waals surface area contributed by atoms with Gasteiger partial charge in [-0.2, -0.15) is 0 Å². The Balaban J connectivity index is 3.12. The van der Waals surface area contributed by atoms with E-state index in [0.29, 0.717) is 0 Å². The molecule has 0 unspecified atom stereocenters. The van der Waals surface area contributed by atoms with E-state index in [1.165, 1.54) is 7.11 Å². The van der Waals surface area contributed by atoms with Crippen molar-refractivity contribution in [2.45, 2.75) is 19.5 Å². The molecule has 0 spiro atoms. The van der Waals surface area contributed by atoms with Crippen LogP contribution in [0.4, 0.5) is 0 Å². The average Bonchev–Trinajstić information content (AvgIpc) is 2.17. The van der Waals surface area contributed by atoms with E-state index in [9.17, 15) is 4.57 Å². The molecule has 1 aromatic rings. The van der Waals surface area contributed by atoms with Crippen molar-refractivity contribution in [2.75, 3.05) is 7.11 Å². The van der Waals surface area contributed by atoms with Crippen LogP contribution in [0.1, 0.15) is 13.8 Å². The van der Waals surface area contributed by atoms with Crippen LogP contribution < -0.4 is 5.30 Å². The Bertz CT molecular complexity index is 306. The molecule has 0 aliphatic carbocycles. The van der Waals surface area contributed by atoms with E-state index in [2.05, 4.69) is 0 Å². The van der Waals surface area contributed by atoms with Crippen LogP contribution in [0.25, 0.3) is 0 Å². The minimum Gasteiger partial charge on any atom is -0.328 e. The summed E-state index contributed by atoms with van der Waals surface area (Å²) in [5, 5.41) is 0.799. The maximum absolute atomic E-state index is 12.3. The van der Waals surface area contributed by atoms with E-state index in [4.69, 9.17) is 4.52 Å². The molecule has 0 radical (unpaired) electrons.